The molecule has 0 saturated heterocycles. The molecule has 0 aliphatic heterocycles. The van der Waals surface area contributed by atoms with Crippen LogP contribution < -0.4 is 4.72 Å². The van der Waals surface area contributed by atoms with E-state index >= 15 is 0 Å². The Bertz CT molecular complexity index is 544. The Balaban J connectivity index is 2.60. The number of sulfonamides is 1. The normalized spacial score (nSPS) is 13.0. The van der Waals surface area contributed by atoms with Crippen LogP contribution in [0.5, 0.6) is 0 Å². The topological polar surface area (TPSA) is 72.5 Å². The van der Waals surface area contributed by atoms with Crippen LogP contribution in [0.3, 0.4) is 0 Å². The smallest absolute Gasteiger partial charge is 0.309 e. The molecule has 1 rings (SSSR count). The van der Waals surface area contributed by atoms with E-state index in [2.05, 4.69) is 9.46 Å². The number of methoxy groups -OCH3 is 1. The first-order chi connectivity index (χ1) is 8.84. The van der Waals surface area contributed by atoms with E-state index in [9.17, 15) is 17.6 Å². The molecule has 7 heteroatoms. The van der Waals surface area contributed by atoms with Crippen LogP contribution in [0.15, 0.2) is 24.3 Å². The fourth-order valence-corrected chi connectivity index (χ4v) is 2.66. The third-order valence-electron chi connectivity index (χ3n) is 2.46. The first kappa shape index (κ1) is 15.6. The zero-order valence-electron chi connectivity index (χ0n) is 10.7. The number of benzene rings is 1. The summed E-state index contributed by atoms with van der Waals surface area (Å²) in [5.41, 5.74) is 0.346. The number of esters is 1. The van der Waals surface area contributed by atoms with Gasteiger partial charge in [0.2, 0.25) is 10.0 Å². The number of hydrogen-bond acceptors (Lipinski definition) is 4. The third kappa shape index (κ3) is 5.35. The van der Waals surface area contributed by atoms with Crippen LogP contribution in [-0.4, -0.2) is 28.0 Å². The summed E-state index contributed by atoms with van der Waals surface area (Å²) in [4.78, 5) is 11.1. The van der Waals surface area contributed by atoms with Crippen LogP contribution >= 0.6 is 0 Å². The summed E-state index contributed by atoms with van der Waals surface area (Å²) >= 11 is 0. The van der Waals surface area contributed by atoms with Crippen molar-refractivity contribution >= 4 is 16.0 Å². The number of ether oxygens (including phenoxy) is 1. The van der Waals surface area contributed by atoms with E-state index in [1.54, 1.807) is 6.92 Å². The molecule has 0 amide bonds. The van der Waals surface area contributed by atoms with Gasteiger partial charge in [-0.05, 0) is 17.7 Å². The van der Waals surface area contributed by atoms with E-state index in [0.717, 1.165) is 6.07 Å². The number of carbonyl (C=O) groups is 1. The largest absolute Gasteiger partial charge is 0.469 e. The maximum absolute atomic E-state index is 12.9. The molecule has 106 valence electrons. The summed E-state index contributed by atoms with van der Waals surface area (Å²) in [6, 6.07) is 5.36. The standard InChI is InChI=1S/C12H16FNO4S/c1-9(12(15)18-2)7-14-19(16,17)8-10-4-3-5-11(13)6-10/h3-6,9,14H,7-8H2,1-2H3/t9-/m1/s1. The first-order valence-corrected chi connectivity index (χ1v) is 7.29. The van der Waals surface area contributed by atoms with Crippen molar-refractivity contribution < 1.29 is 22.3 Å². The average molecular weight is 289 g/mol. The number of nitrogens with one attached hydrogen (secondary N) is 1. The number of hydrogen-bond donors (Lipinski definition) is 1. The lowest BCUT2D eigenvalue weighted by Gasteiger charge is -2.11. The molecule has 0 spiro atoms. The minimum Gasteiger partial charge on any atom is -0.469 e. The van der Waals surface area contributed by atoms with Gasteiger partial charge in [-0.1, -0.05) is 19.1 Å². The number of rotatable bonds is 6. The second-order valence-electron chi connectivity index (χ2n) is 4.16. The molecular weight excluding hydrogens is 273 g/mol. The number of carbonyl (C=O) groups excluding carboxylic acids is 1. The van der Waals surface area contributed by atoms with Gasteiger partial charge in [-0.2, -0.15) is 0 Å². The van der Waals surface area contributed by atoms with Crippen molar-refractivity contribution in [1.29, 1.82) is 0 Å². The zero-order chi connectivity index (χ0) is 14.5. The van der Waals surface area contributed by atoms with E-state index in [-0.39, 0.29) is 12.3 Å². The predicted molar refractivity (Wildman–Crippen MR) is 68.2 cm³/mol. The highest BCUT2D eigenvalue weighted by Crippen LogP contribution is 2.08. The first-order valence-electron chi connectivity index (χ1n) is 5.63. The summed E-state index contributed by atoms with van der Waals surface area (Å²) in [7, 11) is -2.38. The van der Waals surface area contributed by atoms with Crippen LogP contribution in [0.1, 0.15) is 12.5 Å². The molecule has 0 fully saturated rings. The molecule has 0 aromatic heterocycles. The van der Waals surface area contributed by atoms with Gasteiger partial charge in [-0.25, -0.2) is 17.5 Å². The SMILES string of the molecule is COC(=O)[C@H](C)CNS(=O)(=O)Cc1cccc(F)c1. The zero-order valence-corrected chi connectivity index (χ0v) is 11.5. The fraction of sp³-hybridized carbons (Fsp3) is 0.417. The van der Waals surface area contributed by atoms with Crippen LogP contribution in [-0.2, 0) is 25.3 Å². The van der Waals surface area contributed by atoms with Crippen molar-refractivity contribution in [3.63, 3.8) is 0 Å². The van der Waals surface area contributed by atoms with Crippen molar-refractivity contribution in [2.24, 2.45) is 5.92 Å². The van der Waals surface area contributed by atoms with Crippen molar-refractivity contribution in [3.8, 4) is 0 Å². The molecule has 1 atom stereocenters. The number of halogens is 1. The van der Waals surface area contributed by atoms with Crippen molar-refractivity contribution in [1.82, 2.24) is 4.72 Å². The van der Waals surface area contributed by atoms with Gasteiger partial charge in [0.25, 0.3) is 0 Å². The van der Waals surface area contributed by atoms with Crippen molar-refractivity contribution in [3.05, 3.63) is 35.6 Å². The van der Waals surface area contributed by atoms with Crippen molar-refractivity contribution in [2.45, 2.75) is 12.7 Å². The van der Waals surface area contributed by atoms with Gasteiger partial charge in [0.05, 0.1) is 18.8 Å². The molecular formula is C12H16FNO4S. The molecule has 0 aliphatic carbocycles. The lowest BCUT2D eigenvalue weighted by atomic mass is 10.2. The molecule has 0 radical (unpaired) electrons. The minimum atomic E-state index is -3.61. The molecule has 19 heavy (non-hydrogen) atoms. The molecule has 0 bridgehead atoms. The van der Waals surface area contributed by atoms with Gasteiger partial charge in [-0.15, -0.1) is 0 Å². The summed E-state index contributed by atoms with van der Waals surface area (Å²) in [5.74, 6) is -1.89. The third-order valence-corrected chi connectivity index (χ3v) is 3.78. The van der Waals surface area contributed by atoms with Crippen LogP contribution in [0, 0.1) is 11.7 Å². The lowest BCUT2D eigenvalue weighted by molar-refractivity contribution is -0.144. The Hall–Kier alpha value is -1.47. The minimum absolute atomic E-state index is 0.0513. The van der Waals surface area contributed by atoms with Gasteiger partial charge < -0.3 is 4.74 Å². The second-order valence-corrected chi connectivity index (χ2v) is 5.97. The van der Waals surface area contributed by atoms with Crippen LogP contribution in [0.4, 0.5) is 4.39 Å². The Morgan fingerprint density at radius 2 is 2.16 bits per heavy atom. The van der Waals surface area contributed by atoms with E-state index in [4.69, 9.17) is 0 Å². The molecule has 0 heterocycles. The summed E-state index contributed by atoms with van der Waals surface area (Å²) in [6.45, 7) is 1.50. The molecule has 1 N–H and O–H groups in total. The van der Waals surface area contributed by atoms with E-state index in [0.29, 0.717) is 5.56 Å². The van der Waals surface area contributed by atoms with Gasteiger partial charge in [-0.3, -0.25) is 4.79 Å². The average Bonchev–Trinajstić information content (AvgIpc) is 2.34. The monoisotopic (exact) mass is 289 g/mol. The second kappa shape index (κ2) is 6.63. The molecule has 0 saturated carbocycles. The highest BCUT2D eigenvalue weighted by atomic mass is 32.2. The van der Waals surface area contributed by atoms with Gasteiger partial charge >= 0.3 is 5.97 Å². The molecule has 1 aromatic carbocycles. The maximum Gasteiger partial charge on any atom is 0.309 e. The Labute approximate surface area is 111 Å². The van der Waals surface area contributed by atoms with E-state index in [1.807, 2.05) is 0 Å². The Morgan fingerprint density at radius 3 is 2.74 bits per heavy atom. The Kier molecular flexibility index (Phi) is 5.44. The lowest BCUT2D eigenvalue weighted by Crippen LogP contribution is -2.32. The molecule has 0 unspecified atom stereocenters. The van der Waals surface area contributed by atoms with Gasteiger partial charge in [0.15, 0.2) is 0 Å². The quantitative estimate of drug-likeness (QED) is 0.795. The highest BCUT2D eigenvalue weighted by molar-refractivity contribution is 7.88. The van der Waals surface area contributed by atoms with Crippen LogP contribution in [0.25, 0.3) is 0 Å². The molecule has 5 nitrogen and oxygen atoms in total. The highest BCUT2D eigenvalue weighted by Gasteiger charge is 2.17. The fourth-order valence-electron chi connectivity index (χ4n) is 1.43. The molecule has 0 aliphatic rings. The van der Waals surface area contributed by atoms with Crippen molar-refractivity contribution in [2.75, 3.05) is 13.7 Å². The maximum atomic E-state index is 12.9. The van der Waals surface area contributed by atoms with Gasteiger partial charge in [0, 0.05) is 6.54 Å². The summed E-state index contributed by atoms with van der Waals surface area (Å²) < 4.78 is 43.2. The van der Waals surface area contributed by atoms with E-state index < -0.39 is 27.7 Å². The predicted octanol–water partition coefficient (Wildman–Crippen LogP) is 1.05. The summed E-state index contributed by atoms with van der Waals surface area (Å²) in [5, 5.41) is 0. The van der Waals surface area contributed by atoms with Crippen LogP contribution in [0.2, 0.25) is 0 Å². The summed E-state index contributed by atoms with van der Waals surface area (Å²) in [6.07, 6.45) is 0. The Morgan fingerprint density at radius 1 is 1.47 bits per heavy atom. The van der Waals surface area contributed by atoms with Gasteiger partial charge in [0.1, 0.15) is 5.82 Å². The van der Waals surface area contributed by atoms with E-state index in [1.165, 1.54) is 25.3 Å². The molecule has 1 aromatic rings.